The molecule has 1 atom stereocenters. The monoisotopic (exact) mass is 330 g/mol. The van der Waals surface area contributed by atoms with E-state index in [0.29, 0.717) is 12.0 Å². The van der Waals surface area contributed by atoms with Gasteiger partial charge in [-0.15, -0.1) is 0 Å². The normalized spacial score (nSPS) is 17.9. The number of hydrogen-bond donors (Lipinski definition) is 1. The summed E-state index contributed by atoms with van der Waals surface area (Å²) in [5.74, 6) is 0.0674. The van der Waals surface area contributed by atoms with Crippen LogP contribution in [0.5, 0.6) is 0 Å². The summed E-state index contributed by atoms with van der Waals surface area (Å²) in [5.41, 5.74) is 3.00. The Balaban J connectivity index is 2.04. The van der Waals surface area contributed by atoms with Crippen molar-refractivity contribution in [3.8, 4) is 0 Å². The van der Waals surface area contributed by atoms with E-state index >= 15 is 0 Å². The highest BCUT2D eigenvalue weighted by Gasteiger charge is 2.26. The molecule has 1 unspecified atom stereocenters. The highest BCUT2D eigenvalue weighted by Crippen LogP contribution is 2.27. The van der Waals surface area contributed by atoms with Crippen LogP contribution in [0.4, 0.5) is 5.69 Å². The number of nitrogens with one attached hydrogen (secondary N) is 1. The summed E-state index contributed by atoms with van der Waals surface area (Å²) in [7, 11) is 0. The molecule has 1 N–H and O–H groups in total. The highest BCUT2D eigenvalue weighted by atomic mass is 16.2. The quantitative estimate of drug-likeness (QED) is 0.821. The van der Waals surface area contributed by atoms with Crippen molar-refractivity contribution < 1.29 is 9.59 Å². The summed E-state index contributed by atoms with van der Waals surface area (Å²) in [6, 6.07) is 6.32. The van der Waals surface area contributed by atoms with Crippen molar-refractivity contribution in [2.75, 3.05) is 11.9 Å². The predicted molar refractivity (Wildman–Crippen MR) is 98.2 cm³/mol. The fraction of sp³-hybridized carbons (Fsp3) is 0.600. The molecule has 1 aromatic rings. The smallest absolute Gasteiger partial charge is 0.233 e. The van der Waals surface area contributed by atoms with Gasteiger partial charge in [0.2, 0.25) is 11.8 Å². The molecule has 1 heterocycles. The number of rotatable bonds is 5. The molecule has 1 saturated heterocycles. The standard InChI is InChI=1S/C20H30N2O2/c1-5-16-10-6-7-12-22(16)19(24)13-18(23)21-20-15(4)9-8-11-17(20)14(2)3/h8-9,11,14,16H,5-7,10,12-13H2,1-4H3,(H,21,23). The molecule has 0 radical (unpaired) electrons. The molecule has 0 spiro atoms. The number of hydrogen-bond acceptors (Lipinski definition) is 2. The molecule has 0 saturated carbocycles. The first-order chi connectivity index (χ1) is 11.4. The van der Waals surface area contributed by atoms with Crippen LogP contribution in [0.1, 0.15) is 69.9 Å². The van der Waals surface area contributed by atoms with Crippen molar-refractivity contribution in [1.82, 2.24) is 4.90 Å². The molecular formula is C20H30N2O2. The second-order valence-corrected chi connectivity index (χ2v) is 7.06. The van der Waals surface area contributed by atoms with Crippen LogP contribution < -0.4 is 5.32 Å². The van der Waals surface area contributed by atoms with Crippen molar-refractivity contribution in [3.05, 3.63) is 29.3 Å². The third kappa shape index (κ3) is 4.37. The van der Waals surface area contributed by atoms with E-state index in [2.05, 4.69) is 26.1 Å². The maximum atomic E-state index is 12.5. The lowest BCUT2D eigenvalue weighted by atomic mass is 9.98. The maximum Gasteiger partial charge on any atom is 0.233 e. The first kappa shape index (κ1) is 18.5. The van der Waals surface area contributed by atoms with Gasteiger partial charge < -0.3 is 10.2 Å². The number of carbonyl (C=O) groups excluding carboxylic acids is 2. The zero-order valence-corrected chi connectivity index (χ0v) is 15.4. The number of carbonyl (C=O) groups is 2. The van der Waals surface area contributed by atoms with Crippen molar-refractivity contribution in [2.24, 2.45) is 0 Å². The van der Waals surface area contributed by atoms with Gasteiger partial charge in [0.05, 0.1) is 0 Å². The third-order valence-corrected chi connectivity index (χ3v) is 4.92. The molecule has 24 heavy (non-hydrogen) atoms. The molecule has 1 aromatic carbocycles. The zero-order valence-electron chi connectivity index (χ0n) is 15.4. The molecule has 1 fully saturated rings. The van der Waals surface area contributed by atoms with Gasteiger partial charge in [-0.3, -0.25) is 9.59 Å². The summed E-state index contributed by atoms with van der Waals surface area (Å²) in [6.45, 7) is 9.09. The number of amides is 2. The lowest BCUT2D eigenvalue weighted by Crippen LogP contribution is -2.44. The van der Waals surface area contributed by atoms with Crippen LogP contribution in [-0.2, 0) is 9.59 Å². The van der Waals surface area contributed by atoms with Crippen LogP contribution in [0.15, 0.2) is 18.2 Å². The van der Waals surface area contributed by atoms with Gasteiger partial charge in [-0.05, 0) is 49.7 Å². The Morgan fingerprint density at radius 3 is 2.71 bits per heavy atom. The molecule has 4 nitrogen and oxygen atoms in total. The van der Waals surface area contributed by atoms with Gasteiger partial charge in [0.15, 0.2) is 0 Å². The van der Waals surface area contributed by atoms with E-state index in [9.17, 15) is 9.59 Å². The van der Waals surface area contributed by atoms with Gasteiger partial charge in [0, 0.05) is 18.3 Å². The van der Waals surface area contributed by atoms with Gasteiger partial charge in [-0.25, -0.2) is 0 Å². The minimum atomic E-state index is -0.211. The zero-order chi connectivity index (χ0) is 17.7. The van der Waals surface area contributed by atoms with E-state index in [1.54, 1.807) is 0 Å². The topological polar surface area (TPSA) is 49.4 Å². The number of piperidine rings is 1. The molecule has 4 heteroatoms. The second kappa shape index (κ2) is 8.32. The van der Waals surface area contributed by atoms with Crippen LogP contribution in [0, 0.1) is 6.92 Å². The molecule has 0 aromatic heterocycles. The van der Waals surface area contributed by atoms with Crippen LogP contribution in [0.2, 0.25) is 0 Å². The average Bonchev–Trinajstić information content (AvgIpc) is 2.56. The van der Waals surface area contributed by atoms with Gasteiger partial charge in [0.25, 0.3) is 0 Å². The SMILES string of the molecule is CCC1CCCCN1C(=O)CC(=O)Nc1c(C)cccc1C(C)C. The Hall–Kier alpha value is -1.84. The number of benzene rings is 1. The van der Waals surface area contributed by atoms with Crippen molar-refractivity contribution in [1.29, 1.82) is 0 Å². The van der Waals surface area contributed by atoms with Gasteiger partial charge in [-0.2, -0.15) is 0 Å². The largest absolute Gasteiger partial charge is 0.339 e. The highest BCUT2D eigenvalue weighted by molar-refractivity contribution is 6.04. The molecule has 1 aliphatic rings. The van der Waals surface area contributed by atoms with E-state index in [0.717, 1.165) is 42.6 Å². The van der Waals surface area contributed by atoms with E-state index < -0.39 is 0 Å². The van der Waals surface area contributed by atoms with E-state index in [1.807, 2.05) is 30.0 Å². The molecular weight excluding hydrogens is 300 g/mol. The van der Waals surface area contributed by atoms with Crippen LogP contribution in [-0.4, -0.2) is 29.3 Å². The predicted octanol–water partition coefficient (Wildman–Crippen LogP) is 4.24. The van der Waals surface area contributed by atoms with Gasteiger partial charge in [0.1, 0.15) is 6.42 Å². The molecule has 2 rings (SSSR count). The average molecular weight is 330 g/mol. The van der Waals surface area contributed by atoms with Crippen molar-refractivity contribution >= 4 is 17.5 Å². The summed E-state index contributed by atoms with van der Waals surface area (Å²) in [6.07, 6.45) is 4.17. The minimum absolute atomic E-state index is 0.0428. The Morgan fingerprint density at radius 2 is 2.04 bits per heavy atom. The molecule has 0 aliphatic carbocycles. The van der Waals surface area contributed by atoms with E-state index in [-0.39, 0.29) is 18.2 Å². The van der Waals surface area contributed by atoms with Gasteiger partial charge >= 0.3 is 0 Å². The number of nitrogens with zero attached hydrogens (tertiary/aromatic N) is 1. The van der Waals surface area contributed by atoms with Crippen LogP contribution in [0.3, 0.4) is 0 Å². The molecule has 2 amide bonds. The Kier molecular flexibility index (Phi) is 6.41. The molecule has 0 bridgehead atoms. The van der Waals surface area contributed by atoms with Crippen molar-refractivity contribution in [2.45, 2.75) is 71.8 Å². The fourth-order valence-electron chi connectivity index (χ4n) is 3.52. The summed E-state index contributed by atoms with van der Waals surface area (Å²) < 4.78 is 0. The summed E-state index contributed by atoms with van der Waals surface area (Å²) >= 11 is 0. The van der Waals surface area contributed by atoms with Gasteiger partial charge in [-0.1, -0.05) is 39.0 Å². The molecule has 1 aliphatic heterocycles. The number of likely N-dealkylation sites (tertiary alicyclic amines) is 1. The van der Waals surface area contributed by atoms with E-state index in [1.165, 1.54) is 6.42 Å². The number of anilines is 1. The first-order valence-electron chi connectivity index (χ1n) is 9.12. The Bertz CT molecular complexity index is 595. The number of para-hydroxylation sites is 1. The molecule has 132 valence electrons. The van der Waals surface area contributed by atoms with Crippen molar-refractivity contribution in [3.63, 3.8) is 0 Å². The summed E-state index contributed by atoms with van der Waals surface area (Å²) in [4.78, 5) is 26.9. The fourth-order valence-corrected chi connectivity index (χ4v) is 3.52. The third-order valence-electron chi connectivity index (χ3n) is 4.92. The lowest BCUT2D eigenvalue weighted by Gasteiger charge is -2.35. The maximum absolute atomic E-state index is 12.5. The lowest BCUT2D eigenvalue weighted by molar-refractivity contribution is -0.137. The Morgan fingerprint density at radius 1 is 1.29 bits per heavy atom. The number of aryl methyl sites for hydroxylation is 1. The van der Waals surface area contributed by atoms with Crippen LogP contribution >= 0.6 is 0 Å². The summed E-state index contributed by atoms with van der Waals surface area (Å²) in [5, 5.41) is 2.98. The van der Waals surface area contributed by atoms with Crippen LogP contribution in [0.25, 0.3) is 0 Å². The Labute approximate surface area is 145 Å². The first-order valence-corrected chi connectivity index (χ1v) is 9.12. The second-order valence-electron chi connectivity index (χ2n) is 7.06. The minimum Gasteiger partial charge on any atom is -0.339 e. The van der Waals surface area contributed by atoms with E-state index in [4.69, 9.17) is 0 Å².